The lowest BCUT2D eigenvalue weighted by atomic mass is 9.99. The van der Waals surface area contributed by atoms with Crippen LogP contribution in [0.15, 0.2) is 41.6 Å². The molecule has 1 aromatic heterocycles. The van der Waals surface area contributed by atoms with Crippen molar-refractivity contribution in [3.05, 3.63) is 53.2 Å². The summed E-state index contributed by atoms with van der Waals surface area (Å²) in [6, 6.07) is 12.6. The van der Waals surface area contributed by atoms with E-state index in [-0.39, 0.29) is 5.03 Å². The summed E-state index contributed by atoms with van der Waals surface area (Å²) in [4.78, 5) is 6.32. The predicted octanol–water partition coefficient (Wildman–Crippen LogP) is 2.42. The lowest BCUT2D eigenvalue weighted by molar-refractivity contribution is 0.224. The highest BCUT2D eigenvalue weighted by atomic mass is 32.2. The van der Waals surface area contributed by atoms with E-state index in [1.165, 1.54) is 12.3 Å². The van der Waals surface area contributed by atoms with Crippen LogP contribution in [0.25, 0.3) is 0 Å². The van der Waals surface area contributed by atoms with Crippen molar-refractivity contribution in [2.45, 2.75) is 18.4 Å². The summed E-state index contributed by atoms with van der Waals surface area (Å²) in [7, 11) is -3.31. The molecule has 156 valence electrons. The quantitative estimate of drug-likeness (QED) is 0.672. The van der Waals surface area contributed by atoms with Gasteiger partial charge in [-0.05, 0) is 48.2 Å². The van der Waals surface area contributed by atoms with Gasteiger partial charge in [-0.1, -0.05) is 6.92 Å². The molecule has 0 radical (unpaired) electrons. The highest BCUT2D eigenvalue weighted by Gasteiger charge is 2.29. The van der Waals surface area contributed by atoms with E-state index in [1.807, 2.05) is 12.1 Å². The summed E-state index contributed by atoms with van der Waals surface area (Å²) in [6.45, 7) is 5.45. The number of rotatable bonds is 7. The van der Waals surface area contributed by atoms with Crippen molar-refractivity contribution in [2.24, 2.45) is 11.8 Å². The Kier molecular flexibility index (Phi) is 6.71. The maximum absolute atomic E-state index is 11.5. The molecule has 1 aromatic carbocycles. The first-order valence-corrected chi connectivity index (χ1v) is 11.6. The summed E-state index contributed by atoms with van der Waals surface area (Å²) >= 11 is 0. The van der Waals surface area contributed by atoms with Crippen molar-refractivity contribution in [2.75, 3.05) is 32.5 Å². The number of pyridine rings is 1. The van der Waals surface area contributed by atoms with Gasteiger partial charge in [-0.25, -0.2) is 13.4 Å². The number of ether oxygens (including phenoxy) is 1. The Labute approximate surface area is 177 Å². The minimum atomic E-state index is -3.31. The first kappa shape index (κ1) is 21.8. The zero-order chi connectivity index (χ0) is 21.7. The van der Waals surface area contributed by atoms with Crippen molar-refractivity contribution in [1.82, 2.24) is 9.88 Å². The molecule has 2 heterocycles. The first-order chi connectivity index (χ1) is 14.3. The second kappa shape index (κ2) is 9.25. The van der Waals surface area contributed by atoms with Crippen LogP contribution in [0.2, 0.25) is 0 Å². The van der Waals surface area contributed by atoms with Crippen molar-refractivity contribution in [3.8, 4) is 17.9 Å². The third-order valence-corrected chi connectivity index (χ3v) is 6.37. The van der Waals surface area contributed by atoms with Gasteiger partial charge in [0.15, 0.2) is 14.9 Å². The Morgan fingerprint density at radius 2 is 1.87 bits per heavy atom. The Morgan fingerprint density at radius 1 is 1.17 bits per heavy atom. The molecule has 30 heavy (non-hydrogen) atoms. The number of hydrogen-bond acceptors (Lipinski definition) is 7. The Hall–Kier alpha value is -2.94. The minimum Gasteiger partial charge on any atom is -0.492 e. The molecule has 7 nitrogen and oxygen atoms in total. The van der Waals surface area contributed by atoms with Crippen molar-refractivity contribution in [3.63, 3.8) is 0 Å². The largest absolute Gasteiger partial charge is 0.492 e. The van der Waals surface area contributed by atoms with Gasteiger partial charge >= 0.3 is 0 Å². The molecule has 0 spiro atoms. The van der Waals surface area contributed by atoms with Crippen LogP contribution in [0.1, 0.15) is 23.6 Å². The number of nitriles is 2. The van der Waals surface area contributed by atoms with Gasteiger partial charge in [-0.2, -0.15) is 10.5 Å². The molecule has 0 aliphatic carbocycles. The van der Waals surface area contributed by atoms with Crippen LogP contribution in [0.3, 0.4) is 0 Å². The van der Waals surface area contributed by atoms with Gasteiger partial charge < -0.3 is 9.64 Å². The molecule has 1 aliphatic rings. The third-order valence-electron chi connectivity index (χ3n) is 5.36. The van der Waals surface area contributed by atoms with Gasteiger partial charge in [0.25, 0.3) is 0 Å². The molecular weight excluding hydrogens is 400 g/mol. The third kappa shape index (κ3) is 5.56. The molecule has 8 heteroatoms. The molecule has 2 aromatic rings. The van der Waals surface area contributed by atoms with Gasteiger partial charge in [0, 0.05) is 31.8 Å². The van der Waals surface area contributed by atoms with E-state index in [0.29, 0.717) is 35.3 Å². The second-order valence-electron chi connectivity index (χ2n) is 7.80. The SMILES string of the molecule is CC1CN(CCc2cc(C#N)cc(C#N)c2)CC1COc1ccc(S(C)(=O)=O)nc1. The van der Waals surface area contributed by atoms with Gasteiger partial charge in [-0.3, -0.25) is 0 Å². The molecule has 3 rings (SSSR count). The topological polar surface area (TPSA) is 107 Å². The summed E-state index contributed by atoms with van der Waals surface area (Å²) in [5, 5.41) is 18.3. The summed E-state index contributed by atoms with van der Waals surface area (Å²) in [5.74, 6) is 1.39. The number of likely N-dealkylation sites (tertiary alicyclic amines) is 1. The van der Waals surface area contributed by atoms with E-state index in [4.69, 9.17) is 15.3 Å². The standard InChI is InChI=1S/C22H24N4O3S/c1-16-13-26(6-5-17-7-18(10-23)9-19(8-17)11-24)14-20(16)15-29-21-3-4-22(25-12-21)30(2,27)28/h3-4,7-9,12,16,20H,5-6,13-15H2,1-2H3. The monoisotopic (exact) mass is 424 g/mol. The van der Waals surface area contributed by atoms with E-state index in [1.54, 1.807) is 12.1 Å². The fourth-order valence-corrected chi connectivity index (χ4v) is 4.23. The van der Waals surface area contributed by atoms with Crippen LogP contribution < -0.4 is 4.74 Å². The fraction of sp³-hybridized carbons (Fsp3) is 0.409. The maximum Gasteiger partial charge on any atom is 0.192 e. The zero-order valence-electron chi connectivity index (χ0n) is 17.1. The van der Waals surface area contributed by atoms with E-state index >= 15 is 0 Å². The normalized spacial score (nSPS) is 19.2. The van der Waals surface area contributed by atoms with Crippen LogP contribution >= 0.6 is 0 Å². The van der Waals surface area contributed by atoms with Crippen LogP contribution in [0, 0.1) is 34.5 Å². The molecule has 2 atom stereocenters. The Balaban J connectivity index is 1.52. The number of benzene rings is 1. The molecule has 1 aliphatic heterocycles. The van der Waals surface area contributed by atoms with Crippen LogP contribution in [0.4, 0.5) is 0 Å². The summed E-state index contributed by atoms with van der Waals surface area (Å²) in [6.07, 6.45) is 3.35. The molecule has 1 fully saturated rings. The second-order valence-corrected chi connectivity index (χ2v) is 9.77. The van der Waals surface area contributed by atoms with Crippen molar-refractivity contribution < 1.29 is 13.2 Å². The average Bonchev–Trinajstić information content (AvgIpc) is 3.09. The van der Waals surface area contributed by atoms with Gasteiger partial charge in [0.1, 0.15) is 5.75 Å². The summed E-state index contributed by atoms with van der Waals surface area (Å²) in [5.41, 5.74) is 2.02. The zero-order valence-corrected chi connectivity index (χ0v) is 17.9. The fourth-order valence-electron chi connectivity index (χ4n) is 3.67. The van der Waals surface area contributed by atoms with E-state index in [9.17, 15) is 8.42 Å². The first-order valence-electron chi connectivity index (χ1n) is 9.74. The van der Waals surface area contributed by atoms with Gasteiger partial charge in [-0.15, -0.1) is 0 Å². The van der Waals surface area contributed by atoms with Crippen LogP contribution in [-0.2, 0) is 16.3 Å². The molecular formula is C22H24N4O3S. The molecule has 0 N–H and O–H groups in total. The number of nitrogens with zero attached hydrogens (tertiary/aromatic N) is 4. The van der Waals surface area contributed by atoms with Crippen molar-refractivity contribution >= 4 is 9.84 Å². The van der Waals surface area contributed by atoms with Gasteiger partial charge in [0.2, 0.25) is 0 Å². The molecule has 2 unspecified atom stereocenters. The Bertz CT molecular complexity index is 1050. The van der Waals surface area contributed by atoms with Gasteiger partial charge in [0.05, 0.1) is 36.1 Å². The maximum atomic E-state index is 11.5. The highest BCUT2D eigenvalue weighted by Crippen LogP contribution is 2.25. The van der Waals surface area contributed by atoms with Crippen molar-refractivity contribution in [1.29, 1.82) is 10.5 Å². The summed E-state index contributed by atoms with van der Waals surface area (Å²) < 4.78 is 28.8. The van der Waals surface area contributed by atoms with Crippen LogP contribution in [-0.4, -0.2) is 50.8 Å². The van der Waals surface area contributed by atoms with E-state index < -0.39 is 9.84 Å². The minimum absolute atomic E-state index is 0.0373. The number of sulfone groups is 1. The smallest absolute Gasteiger partial charge is 0.192 e. The number of hydrogen-bond donors (Lipinski definition) is 0. The molecule has 0 saturated carbocycles. The lowest BCUT2D eigenvalue weighted by Gasteiger charge is -2.17. The average molecular weight is 425 g/mol. The number of aromatic nitrogens is 1. The molecule has 1 saturated heterocycles. The molecule has 0 amide bonds. The Morgan fingerprint density at radius 3 is 2.43 bits per heavy atom. The molecule has 0 bridgehead atoms. The predicted molar refractivity (Wildman–Crippen MR) is 112 cm³/mol. The van der Waals surface area contributed by atoms with Crippen LogP contribution in [0.5, 0.6) is 5.75 Å². The highest BCUT2D eigenvalue weighted by molar-refractivity contribution is 7.90. The van der Waals surface area contributed by atoms with E-state index in [0.717, 1.165) is 37.9 Å². The lowest BCUT2D eigenvalue weighted by Crippen LogP contribution is -2.24. The van der Waals surface area contributed by atoms with E-state index in [2.05, 4.69) is 28.9 Å².